The smallest absolute Gasteiger partial charge is 0.00970 e. The van der Waals surface area contributed by atoms with E-state index in [0.717, 1.165) is 6.42 Å². The lowest BCUT2D eigenvalue weighted by Crippen LogP contribution is -2.31. The van der Waals surface area contributed by atoms with Crippen LogP contribution in [0.1, 0.15) is 59.3 Å². The predicted octanol–water partition coefficient (Wildman–Crippen LogP) is 4.24. The molecule has 0 aliphatic carbocycles. The van der Waals surface area contributed by atoms with Gasteiger partial charge in [0.25, 0.3) is 0 Å². The number of hydrogen-bond acceptors (Lipinski definition) is 1. The highest BCUT2D eigenvalue weighted by molar-refractivity contribution is 8.93. The van der Waals surface area contributed by atoms with Crippen LogP contribution in [0.5, 0.6) is 0 Å². The van der Waals surface area contributed by atoms with E-state index < -0.39 is 0 Å². The zero-order valence-electron chi connectivity index (χ0n) is 9.14. The number of halogens is 2. The summed E-state index contributed by atoms with van der Waals surface area (Å²) in [6.45, 7) is 6.45. The van der Waals surface area contributed by atoms with Crippen LogP contribution in [0.2, 0.25) is 0 Å². The van der Waals surface area contributed by atoms with Crippen LogP contribution in [0.25, 0.3) is 0 Å². The Morgan fingerprint density at radius 1 is 0.923 bits per heavy atom. The van der Waals surface area contributed by atoms with Gasteiger partial charge in [-0.15, -0.1) is 34.0 Å². The van der Waals surface area contributed by atoms with Crippen molar-refractivity contribution < 1.29 is 0 Å². The number of hydrogen-bond donors (Lipinski definition) is 1. The Kier molecular flexibility index (Phi) is 16.5. The van der Waals surface area contributed by atoms with Crippen molar-refractivity contribution in [1.29, 1.82) is 0 Å². The third-order valence-corrected chi connectivity index (χ3v) is 1.92. The molecular formula is C10H25Br2N. The van der Waals surface area contributed by atoms with E-state index in [1.54, 1.807) is 0 Å². The summed E-state index contributed by atoms with van der Waals surface area (Å²) < 4.78 is 0. The lowest BCUT2D eigenvalue weighted by atomic mass is 9.98. The molecule has 0 fully saturated rings. The highest BCUT2D eigenvalue weighted by atomic mass is 79.9. The Morgan fingerprint density at radius 2 is 1.38 bits per heavy atom. The van der Waals surface area contributed by atoms with E-state index in [2.05, 4.69) is 20.8 Å². The molecular weight excluding hydrogens is 294 g/mol. The summed E-state index contributed by atoms with van der Waals surface area (Å²) in [5.41, 5.74) is 5.90. The van der Waals surface area contributed by atoms with Gasteiger partial charge in [0.2, 0.25) is 0 Å². The van der Waals surface area contributed by atoms with Gasteiger partial charge in [-0.2, -0.15) is 0 Å². The van der Waals surface area contributed by atoms with E-state index >= 15 is 0 Å². The van der Waals surface area contributed by atoms with Crippen LogP contribution in [0.3, 0.4) is 0 Å². The van der Waals surface area contributed by atoms with Gasteiger partial charge in [-0.25, -0.2) is 0 Å². The molecule has 84 valence electrons. The third-order valence-electron chi connectivity index (χ3n) is 1.92. The molecule has 1 nitrogen and oxygen atoms in total. The minimum atomic E-state index is 0. The predicted molar refractivity (Wildman–Crippen MR) is 72.3 cm³/mol. The average molecular weight is 319 g/mol. The molecule has 0 saturated carbocycles. The van der Waals surface area contributed by atoms with Gasteiger partial charge in [-0.3, -0.25) is 0 Å². The lowest BCUT2D eigenvalue weighted by molar-refractivity contribution is 0.443. The second-order valence-electron chi connectivity index (χ2n) is 4.15. The molecule has 0 aromatic carbocycles. The number of nitrogens with two attached hydrogens (primary N) is 1. The summed E-state index contributed by atoms with van der Waals surface area (Å²) >= 11 is 0. The average Bonchev–Trinajstić information content (AvgIpc) is 1.85. The van der Waals surface area contributed by atoms with Crippen LogP contribution in [0.4, 0.5) is 0 Å². The molecule has 0 spiro atoms. The second-order valence-corrected chi connectivity index (χ2v) is 4.15. The van der Waals surface area contributed by atoms with Crippen LogP contribution < -0.4 is 5.73 Å². The van der Waals surface area contributed by atoms with Gasteiger partial charge in [0.1, 0.15) is 0 Å². The zero-order chi connectivity index (χ0) is 8.74. The molecule has 0 aliphatic rings. The monoisotopic (exact) mass is 317 g/mol. The first kappa shape index (κ1) is 19.5. The van der Waals surface area contributed by atoms with E-state index in [0.29, 0.717) is 0 Å². The van der Waals surface area contributed by atoms with Crippen LogP contribution in [-0.2, 0) is 0 Å². The van der Waals surface area contributed by atoms with Crippen molar-refractivity contribution in [2.75, 3.05) is 0 Å². The first-order chi connectivity index (χ1) is 5.06. The number of rotatable bonds is 6. The minimum Gasteiger partial charge on any atom is -0.326 e. The van der Waals surface area contributed by atoms with Crippen molar-refractivity contribution in [2.24, 2.45) is 5.73 Å². The summed E-state index contributed by atoms with van der Waals surface area (Å²) in [6, 6.07) is 0. The molecule has 3 heteroatoms. The SMILES string of the molecule is Br.Br.CCCCCCCC(C)(C)N. The molecule has 0 bridgehead atoms. The Morgan fingerprint density at radius 3 is 1.77 bits per heavy atom. The molecule has 0 radical (unpaired) electrons. The van der Waals surface area contributed by atoms with Gasteiger partial charge in [0.05, 0.1) is 0 Å². The largest absolute Gasteiger partial charge is 0.326 e. The molecule has 0 amide bonds. The van der Waals surface area contributed by atoms with E-state index in [-0.39, 0.29) is 39.5 Å². The Balaban J connectivity index is -0.000000500. The van der Waals surface area contributed by atoms with Crippen molar-refractivity contribution >= 4 is 34.0 Å². The van der Waals surface area contributed by atoms with Crippen LogP contribution in [0.15, 0.2) is 0 Å². The molecule has 2 N–H and O–H groups in total. The molecule has 0 atom stereocenters. The molecule has 0 aromatic heterocycles. The summed E-state index contributed by atoms with van der Waals surface area (Å²) in [7, 11) is 0. The topological polar surface area (TPSA) is 26.0 Å². The first-order valence-corrected chi connectivity index (χ1v) is 4.85. The van der Waals surface area contributed by atoms with Gasteiger partial charge >= 0.3 is 0 Å². The van der Waals surface area contributed by atoms with Crippen molar-refractivity contribution in [1.82, 2.24) is 0 Å². The van der Waals surface area contributed by atoms with Crippen molar-refractivity contribution in [3.63, 3.8) is 0 Å². The van der Waals surface area contributed by atoms with Gasteiger partial charge in [-0.05, 0) is 20.3 Å². The first-order valence-electron chi connectivity index (χ1n) is 4.85. The zero-order valence-corrected chi connectivity index (χ0v) is 12.6. The number of unbranched alkanes of at least 4 members (excludes halogenated alkanes) is 4. The molecule has 0 aliphatic heterocycles. The fourth-order valence-electron chi connectivity index (χ4n) is 1.18. The van der Waals surface area contributed by atoms with Crippen LogP contribution >= 0.6 is 34.0 Å². The summed E-state index contributed by atoms with van der Waals surface area (Å²) in [6.07, 6.45) is 7.90. The van der Waals surface area contributed by atoms with Crippen LogP contribution in [-0.4, -0.2) is 5.54 Å². The van der Waals surface area contributed by atoms with E-state index in [4.69, 9.17) is 5.73 Å². The van der Waals surface area contributed by atoms with Crippen molar-refractivity contribution in [3.8, 4) is 0 Å². The Labute approximate surface area is 104 Å². The van der Waals surface area contributed by atoms with E-state index in [1.165, 1.54) is 32.1 Å². The van der Waals surface area contributed by atoms with Gasteiger partial charge in [0, 0.05) is 5.54 Å². The maximum atomic E-state index is 5.85. The normalized spacial score (nSPS) is 10.2. The maximum Gasteiger partial charge on any atom is 0.00970 e. The molecule has 0 unspecified atom stereocenters. The van der Waals surface area contributed by atoms with Crippen LogP contribution in [0, 0.1) is 0 Å². The van der Waals surface area contributed by atoms with Crippen molar-refractivity contribution in [2.45, 2.75) is 64.8 Å². The molecule has 0 rings (SSSR count). The fourth-order valence-corrected chi connectivity index (χ4v) is 1.18. The summed E-state index contributed by atoms with van der Waals surface area (Å²) in [5.74, 6) is 0. The van der Waals surface area contributed by atoms with E-state index in [1.807, 2.05) is 0 Å². The molecule has 0 aromatic rings. The summed E-state index contributed by atoms with van der Waals surface area (Å²) in [5, 5.41) is 0. The van der Waals surface area contributed by atoms with Gasteiger partial charge in [0.15, 0.2) is 0 Å². The molecule has 0 saturated heterocycles. The third kappa shape index (κ3) is 19.4. The second kappa shape index (κ2) is 11.0. The van der Waals surface area contributed by atoms with Gasteiger partial charge < -0.3 is 5.73 Å². The Hall–Kier alpha value is 0.920. The van der Waals surface area contributed by atoms with Crippen molar-refractivity contribution in [3.05, 3.63) is 0 Å². The molecule has 13 heavy (non-hydrogen) atoms. The Bertz CT molecular complexity index is 89.4. The fraction of sp³-hybridized carbons (Fsp3) is 1.00. The maximum absolute atomic E-state index is 5.85. The highest BCUT2D eigenvalue weighted by Gasteiger charge is 2.08. The van der Waals surface area contributed by atoms with E-state index in [9.17, 15) is 0 Å². The quantitative estimate of drug-likeness (QED) is 0.728. The van der Waals surface area contributed by atoms with Gasteiger partial charge in [-0.1, -0.05) is 39.0 Å². The summed E-state index contributed by atoms with van der Waals surface area (Å²) in [4.78, 5) is 0. The molecule has 0 heterocycles. The standard InChI is InChI=1S/C10H23N.2BrH/c1-4-5-6-7-8-9-10(2,3)11;;/h4-9,11H2,1-3H3;2*1H. The highest BCUT2D eigenvalue weighted by Crippen LogP contribution is 2.11. The lowest BCUT2D eigenvalue weighted by Gasteiger charge is -2.17. The minimum absolute atomic E-state index is 0.